The Labute approximate surface area is 152 Å². The molecule has 0 aliphatic heterocycles. The first-order chi connectivity index (χ1) is 12.5. The molecule has 3 aromatic rings. The number of nitrogens with one attached hydrogen (secondary N) is 2. The van der Waals surface area contributed by atoms with Gasteiger partial charge in [-0.15, -0.1) is 0 Å². The van der Waals surface area contributed by atoms with Crippen LogP contribution in [0.25, 0.3) is 10.9 Å². The maximum atomic E-state index is 11.6. The lowest BCUT2D eigenvalue weighted by atomic mass is 10.0. The normalized spacial score (nSPS) is 10.4. The van der Waals surface area contributed by atoms with E-state index < -0.39 is 0 Å². The molecule has 5 heteroatoms. The average molecular weight is 344 g/mol. The molecule has 0 saturated heterocycles. The minimum Gasteiger partial charge on any atom is -0.379 e. The van der Waals surface area contributed by atoms with Crippen LogP contribution in [0.3, 0.4) is 0 Å². The van der Waals surface area contributed by atoms with Gasteiger partial charge in [0, 0.05) is 30.7 Å². The second-order valence-corrected chi connectivity index (χ2v) is 6.27. The monoisotopic (exact) mass is 344 g/mol. The number of carbonyl (C=O) groups is 1. The van der Waals surface area contributed by atoms with Crippen LogP contribution in [0.15, 0.2) is 42.6 Å². The van der Waals surface area contributed by atoms with Crippen LogP contribution in [0.2, 0.25) is 0 Å². The molecule has 2 N–H and O–H groups in total. The summed E-state index contributed by atoms with van der Waals surface area (Å²) in [5.41, 5.74) is 6.06. The second-order valence-electron chi connectivity index (χ2n) is 6.27. The summed E-state index contributed by atoms with van der Waals surface area (Å²) in [4.78, 5) is 16.1. The molecule has 1 heterocycles. The third kappa shape index (κ3) is 3.35. The molecule has 1 amide bonds. The number of aromatic nitrogens is 1. The summed E-state index contributed by atoms with van der Waals surface area (Å²) in [6, 6.07) is 13.7. The summed E-state index contributed by atoms with van der Waals surface area (Å²) in [7, 11) is 1.61. The lowest BCUT2D eigenvalue weighted by molar-refractivity contribution is 0.0963. The van der Waals surface area contributed by atoms with Gasteiger partial charge in [-0.3, -0.25) is 9.78 Å². The van der Waals surface area contributed by atoms with Crippen LogP contribution in [0.5, 0.6) is 0 Å². The maximum absolute atomic E-state index is 11.6. The first-order valence-electron chi connectivity index (χ1n) is 8.38. The highest BCUT2D eigenvalue weighted by atomic mass is 16.1. The molecule has 0 fully saturated rings. The van der Waals surface area contributed by atoms with Gasteiger partial charge in [0.15, 0.2) is 0 Å². The standard InChI is InChI=1S/C21H20N4O/c1-13-8-14(2)19-18(9-13)20(17(10-22)12-25-19)24-11-15-4-6-16(7-5-15)21(26)23-3/h4-9,12H,11H2,1-3H3,(H,23,26)(H,24,25). The molecule has 0 aliphatic carbocycles. The van der Waals surface area contributed by atoms with E-state index in [0.717, 1.165) is 33.3 Å². The number of anilines is 1. The predicted octanol–water partition coefficient (Wildman–Crippen LogP) is 3.70. The van der Waals surface area contributed by atoms with E-state index in [1.54, 1.807) is 25.4 Å². The molecular formula is C21H20N4O. The number of rotatable bonds is 4. The van der Waals surface area contributed by atoms with Crippen molar-refractivity contribution in [3.63, 3.8) is 0 Å². The molecule has 5 nitrogen and oxygen atoms in total. The number of hydrogen-bond donors (Lipinski definition) is 2. The highest BCUT2D eigenvalue weighted by Gasteiger charge is 2.11. The van der Waals surface area contributed by atoms with Crippen molar-refractivity contribution in [2.45, 2.75) is 20.4 Å². The maximum Gasteiger partial charge on any atom is 0.251 e. The van der Waals surface area contributed by atoms with Gasteiger partial charge < -0.3 is 10.6 Å². The molecular weight excluding hydrogens is 324 g/mol. The minimum atomic E-state index is -0.109. The Hall–Kier alpha value is -3.39. The zero-order valence-electron chi connectivity index (χ0n) is 15.1. The van der Waals surface area contributed by atoms with E-state index in [1.165, 1.54) is 0 Å². The quantitative estimate of drug-likeness (QED) is 0.756. The number of hydrogen-bond acceptors (Lipinski definition) is 4. The molecule has 0 aliphatic rings. The van der Waals surface area contributed by atoms with Crippen molar-refractivity contribution in [1.82, 2.24) is 10.3 Å². The lowest BCUT2D eigenvalue weighted by Gasteiger charge is -2.13. The summed E-state index contributed by atoms with van der Waals surface area (Å²) < 4.78 is 0. The number of nitriles is 1. The van der Waals surface area contributed by atoms with Gasteiger partial charge >= 0.3 is 0 Å². The summed E-state index contributed by atoms with van der Waals surface area (Å²) in [5, 5.41) is 16.4. The van der Waals surface area contributed by atoms with Crippen LogP contribution in [0.1, 0.15) is 32.6 Å². The third-order valence-electron chi connectivity index (χ3n) is 4.34. The molecule has 0 atom stereocenters. The number of benzene rings is 2. The topological polar surface area (TPSA) is 77.8 Å². The summed E-state index contributed by atoms with van der Waals surface area (Å²) in [6.07, 6.45) is 1.61. The fraction of sp³-hybridized carbons (Fsp3) is 0.190. The van der Waals surface area contributed by atoms with E-state index in [2.05, 4.69) is 27.8 Å². The summed E-state index contributed by atoms with van der Waals surface area (Å²) in [5.74, 6) is -0.109. The van der Waals surface area contributed by atoms with Gasteiger partial charge in [0.1, 0.15) is 6.07 Å². The molecule has 130 valence electrons. The van der Waals surface area contributed by atoms with E-state index in [1.807, 2.05) is 32.0 Å². The number of fused-ring (bicyclic) bond motifs is 1. The Kier molecular flexibility index (Phi) is 4.85. The number of carbonyl (C=O) groups excluding carboxylic acids is 1. The number of nitrogens with zero attached hydrogens (tertiary/aromatic N) is 2. The van der Waals surface area contributed by atoms with Crippen molar-refractivity contribution >= 4 is 22.5 Å². The molecule has 0 saturated carbocycles. The van der Waals surface area contributed by atoms with Crippen molar-refractivity contribution in [2.75, 3.05) is 12.4 Å². The van der Waals surface area contributed by atoms with Gasteiger partial charge in [-0.2, -0.15) is 5.26 Å². The van der Waals surface area contributed by atoms with Gasteiger partial charge in [-0.1, -0.05) is 23.8 Å². The molecule has 0 unspecified atom stereocenters. The summed E-state index contributed by atoms with van der Waals surface area (Å²) >= 11 is 0. The van der Waals surface area contributed by atoms with E-state index >= 15 is 0 Å². The van der Waals surface area contributed by atoms with Crippen molar-refractivity contribution in [1.29, 1.82) is 5.26 Å². The SMILES string of the molecule is CNC(=O)c1ccc(CNc2c(C#N)cnc3c(C)cc(C)cc23)cc1. The van der Waals surface area contributed by atoms with Crippen molar-refractivity contribution in [2.24, 2.45) is 0 Å². The number of amides is 1. The van der Waals surface area contributed by atoms with Gasteiger partial charge in [0.2, 0.25) is 0 Å². The Morgan fingerprint density at radius 1 is 1.19 bits per heavy atom. The first-order valence-corrected chi connectivity index (χ1v) is 8.38. The van der Waals surface area contributed by atoms with E-state index in [9.17, 15) is 10.1 Å². The molecule has 26 heavy (non-hydrogen) atoms. The molecule has 3 rings (SSSR count). The summed E-state index contributed by atoms with van der Waals surface area (Å²) in [6.45, 7) is 4.61. The van der Waals surface area contributed by atoms with Crippen LogP contribution < -0.4 is 10.6 Å². The Morgan fingerprint density at radius 2 is 1.92 bits per heavy atom. The minimum absolute atomic E-state index is 0.109. The van der Waals surface area contributed by atoms with Crippen molar-refractivity contribution in [3.8, 4) is 6.07 Å². The van der Waals surface area contributed by atoms with E-state index in [0.29, 0.717) is 17.7 Å². The van der Waals surface area contributed by atoms with Crippen LogP contribution in [0, 0.1) is 25.2 Å². The Balaban J connectivity index is 1.93. The highest BCUT2D eigenvalue weighted by Crippen LogP contribution is 2.29. The smallest absolute Gasteiger partial charge is 0.251 e. The molecule has 2 aromatic carbocycles. The van der Waals surface area contributed by atoms with E-state index in [4.69, 9.17) is 0 Å². The second kappa shape index (κ2) is 7.24. The predicted molar refractivity (Wildman–Crippen MR) is 103 cm³/mol. The molecule has 0 radical (unpaired) electrons. The van der Waals surface area contributed by atoms with E-state index in [-0.39, 0.29) is 5.91 Å². The zero-order chi connectivity index (χ0) is 18.7. The van der Waals surface area contributed by atoms with Gasteiger partial charge in [0.05, 0.1) is 16.8 Å². The fourth-order valence-corrected chi connectivity index (χ4v) is 3.04. The van der Waals surface area contributed by atoms with Crippen molar-refractivity contribution < 1.29 is 4.79 Å². The number of pyridine rings is 1. The number of aryl methyl sites for hydroxylation is 2. The third-order valence-corrected chi connectivity index (χ3v) is 4.34. The zero-order valence-corrected chi connectivity index (χ0v) is 15.1. The van der Waals surface area contributed by atoms with Crippen LogP contribution in [-0.2, 0) is 6.54 Å². The Bertz CT molecular complexity index is 1020. The van der Waals surface area contributed by atoms with Crippen LogP contribution in [-0.4, -0.2) is 17.9 Å². The van der Waals surface area contributed by atoms with Gasteiger partial charge in [-0.25, -0.2) is 0 Å². The largest absolute Gasteiger partial charge is 0.379 e. The molecule has 0 spiro atoms. The van der Waals surface area contributed by atoms with Crippen LogP contribution >= 0.6 is 0 Å². The molecule has 0 bridgehead atoms. The lowest BCUT2D eigenvalue weighted by Crippen LogP contribution is -2.17. The molecule has 1 aromatic heterocycles. The first kappa shape index (κ1) is 17.4. The fourth-order valence-electron chi connectivity index (χ4n) is 3.04. The van der Waals surface area contributed by atoms with Gasteiger partial charge in [0.25, 0.3) is 5.91 Å². The Morgan fingerprint density at radius 3 is 2.58 bits per heavy atom. The van der Waals surface area contributed by atoms with Crippen molar-refractivity contribution in [3.05, 3.63) is 70.4 Å². The highest BCUT2D eigenvalue weighted by molar-refractivity contribution is 5.96. The van der Waals surface area contributed by atoms with Crippen LogP contribution in [0.4, 0.5) is 5.69 Å². The average Bonchev–Trinajstić information content (AvgIpc) is 2.65. The van der Waals surface area contributed by atoms with Gasteiger partial charge in [-0.05, 0) is 43.2 Å².